The van der Waals surface area contributed by atoms with Crippen molar-refractivity contribution in [3.8, 4) is 29.4 Å². The van der Waals surface area contributed by atoms with E-state index in [9.17, 15) is 0 Å². The maximum Gasteiger partial charge on any atom is 0.119 e. The van der Waals surface area contributed by atoms with Gasteiger partial charge in [0.05, 0.1) is 6.61 Å². The molecule has 1 nitrogen and oxygen atoms in total. The van der Waals surface area contributed by atoms with Gasteiger partial charge in [-0.2, -0.15) is 0 Å². The Morgan fingerprint density at radius 2 is 1.59 bits per heavy atom. The molecule has 156 valence electrons. The molecule has 0 heterocycles. The average Bonchev–Trinajstić information content (AvgIpc) is 2.76. The van der Waals surface area contributed by atoms with Crippen molar-refractivity contribution >= 4 is 0 Å². The van der Waals surface area contributed by atoms with Gasteiger partial charge in [-0.25, -0.2) is 0 Å². The van der Waals surface area contributed by atoms with E-state index >= 15 is 0 Å². The molecule has 0 aromatic heterocycles. The smallest absolute Gasteiger partial charge is 0.119 e. The lowest BCUT2D eigenvalue weighted by Crippen LogP contribution is -2.13. The van der Waals surface area contributed by atoms with E-state index in [-0.39, 0.29) is 0 Å². The summed E-state index contributed by atoms with van der Waals surface area (Å²) in [6, 6.07) is 8.00. The van der Waals surface area contributed by atoms with Crippen LogP contribution in [0.1, 0.15) is 90.0 Å². The fourth-order valence-electron chi connectivity index (χ4n) is 3.80. The second-order valence-corrected chi connectivity index (χ2v) is 8.18. The molecule has 1 aromatic carbocycles. The van der Waals surface area contributed by atoms with Gasteiger partial charge in [0.15, 0.2) is 0 Å². The van der Waals surface area contributed by atoms with E-state index in [0.717, 1.165) is 36.7 Å². The van der Waals surface area contributed by atoms with E-state index in [4.69, 9.17) is 4.74 Å². The molecule has 1 saturated carbocycles. The summed E-state index contributed by atoms with van der Waals surface area (Å²) >= 11 is 0. The third kappa shape index (κ3) is 10.3. The molecule has 1 aliphatic rings. The van der Waals surface area contributed by atoms with Crippen molar-refractivity contribution < 1.29 is 4.74 Å². The molecule has 0 amide bonds. The number of hydrogen-bond acceptors (Lipinski definition) is 1. The molecule has 29 heavy (non-hydrogen) atoms. The highest BCUT2D eigenvalue weighted by atomic mass is 16.5. The zero-order valence-electron chi connectivity index (χ0n) is 18.5. The van der Waals surface area contributed by atoms with Crippen LogP contribution in [0.2, 0.25) is 0 Å². The van der Waals surface area contributed by atoms with Gasteiger partial charge in [-0.3, -0.25) is 0 Å². The lowest BCUT2D eigenvalue weighted by molar-refractivity contribution is 0.294. The number of allylic oxidation sites excluding steroid dienone is 2. The molecule has 0 bridgehead atoms. The lowest BCUT2D eigenvalue weighted by Gasteiger charge is -2.25. The summed E-state index contributed by atoms with van der Waals surface area (Å²) in [5, 5.41) is 0. The van der Waals surface area contributed by atoms with Crippen LogP contribution in [-0.2, 0) is 0 Å². The zero-order valence-corrected chi connectivity index (χ0v) is 18.5. The normalized spacial score (nSPS) is 18.6. The van der Waals surface area contributed by atoms with Crippen LogP contribution >= 0.6 is 0 Å². The molecule has 1 heteroatoms. The molecule has 1 aromatic rings. The van der Waals surface area contributed by atoms with Crippen LogP contribution < -0.4 is 4.74 Å². The predicted octanol–water partition coefficient (Wildman–Crippen LogP) is 7.55. The Kier molecular flexibility index (Phi) is 11.8. The third-order valence-electron chi connectivity index (χ3n) is 5.69. The van der Waals surface area contributed by atoms with Gasteiger partial charge in [-0.1, -0.05) is 76.1 Å². The standard InChI is InChI=1S/C28H38O/c1-3-5-7-10-13-25-16-18-26(19-17-25)14-11-8-9-12-15-27-20-22-28(23-21-27)29-24-6-4-2/h8-9,20-23,25-26H,3-7,10,13,16-19,24H2,1-2H3/b9-8+/t25-,26-. The van der Waals surface area contributed by atoms with Crippen molar-refractivity contribution in [3.63, 3.8) is 0 Å². The van der Waals surface area contributed by atoms with E-state index in [1.165, 1.54) is 57.8 Å². The monoisotopic (exact) mass is 390 g/mol. The van der Waals surface area contributed by atoms with Gasteiger partial charge in [-0.15, -0.1) is 0 Å². The first-order chi connectivity index (χ1) is 14.3. The maximum absolute atomic E-state index is 5.67. The minimum absolute atomic E-state index is 0.583. The van der Waals surface area contributed by atoms with E-state index in [0.29, 0.717) is 5.92 Å². The highest BCUT2D eigenvalue weighted by Crippen LogP contribution is 2.31. The van der Waals surface area contributed by atoms with Crippen LogP contribution in [-0.4, -0.2) is 6.61 Å². The van der Waals surface area contributed by atoms with Crippen molar-refractivity contribution in [2.45, 2.75) is 84.5 Å². The molecule has 0 saturated heterocycles. The molecule has 0 unspecified atom stereocenters. The van der Waals surface area contributed by atoms with Crippen LogP contribution in [0.5, 0.6) is 5.75 Å². The third-order valence-corrected chi connectivity index (χ3v) is 5.69. The summed E-state index contributed by atoms with van der Waals surface area (Å²) in [6.07, 6.45) is 18.3. The van der Waals surface area contributed by atoms with Gasteiger partial charge in [-0.05, 0) is 74.4 Å². The number of rotatable bonds is 9. The average molecular weight is 391 g/mol. The summed E-state index contributed by atoms with van der Waals surface area (Å²) in [7, 11) is 0. The molecule has 0 N–H and O–H groups in total. The van der Waals surface area contributed by atoms with Crippen molar-refractivity contribution in [1.82, 2.24) is 0 Å². The Morgan fingerprint density at radius 3 is 2.31 bits per heavy atom. The zero-order chi connectivity index (χ0) is 20.6. The highest BCUT2D eigenvalue weighted by molar-refractivity contribution is 5.40. The maximum atomic E-state index is 5.67. The number of ether oxygens (including phenoxy) is 1. The summed E-state index contributed by atoms with van der Waals surface area (Å²) in [5.41, 5.74) is 1.00. The van der Waals surface area contributed by atoms with Crippen molar-refractivity contribution in [3.05, 3.63) is 42.0 Å². The fraction of sp³-hybridized carbons (Fsp3) is 0.571. The van der Waals surface area contributed by atoms with Gasteiger partial charge in [0.25, 0.3) is 0 Å². The first-order valence-corrected chi connectivity index (χ1v) is 11.7. The highest BCUT2D eigenvalue weighted by Gasteiger charge is 2.19. The SMILES string of the molecule is CCCCCC[C@H]1CC[C@H](C#C/C=C/C#Cc2ccc(OCCCC)cc2)CC1. The molecule has 0 atom stereocenters. The minimum Gasteiger partial charge on any atom is -0.494 e. The molecular formula is C28H38O. The summed E-state index contributed by atoms with van der Waals surface area (Å²) in [6.45, 7) is 5.23. The van der Waals surface area contributed by atoms with E-state index in [1.807, 2.05) is 36.4 Å². The molecular weight excluding hydrogens is 352 g/mol. The van der Waals surface area contributed by atoms with E-state index < -0.39 is 0 Å². The van der Waals surface area contributed by atoms with Gasteiger partial charge >= 0.3 is 0 Å². The second kappa shape index (κ2) is 14.8. The largest absolute Gasteiger partial charge is 0.494 e. The molecule has 2 rings (SSSR count). The topological polar surface area (TPSA) is 9.23 Å². The first kappa shape index (κ1) is 23.2. The second-order valence-electron chi connectivity index (χ2n) is 8.18. The molecule has 1 aliphatic carbocycles. The Labute approximate surface area is 179 Å². The molecule has 0 aliphatic heterocycles. The summed E-state index contributed by atoms with van der Waals surface area (Å²) in [5.74, 6) is 15.3. The molecule has 0 spiro atoms. The Balaban J connectivity index is 1.66. The predicted molar refractivity (Wildman–Crippen MR) is 125 cm³/mol. The fourth-order valence-corrected chi connectivity index (χ4v) is 3.80. The van der Waals surface area contributed by atoms with Gasteiger partial charge in [0.1, 0.15) is 5.75 Å². The quantitative estimate of drug-likeness (QED) is 0.312. The van der Waals surface area contributed by atoms with Crippen molar-refractivity contribution in [1.29, 1.82) is 0 Å². The number of hydrogen-bond donors (Lipinski definition) is 0. The van der Waals surface area contributed by atoms with E-state index in [2.05, 4.69) is 37.5 Å². The van der Waals surface area contributed by atoms with Crippen molar-refractivity contribution in [2.75, 3.05) is 6.61 Å². The van der Waals surface area contributed by atoms with Gasteiger partial charge < -0.3 is 4.74 Å². The summed E-state index contributed by atoms with van der Waals surface area (Å²) in [4.78, 5) is 0. The van der Waals surface area contributed by atoms with Crippen LogP contribution in [0.3, 0.4) is 0 Å². The minimum atomic E-state index is 0.583. The lowest BCUT2D eigenvalue weighted by atomic mass is 9.80. The molecule has 0 radical (unpaired) electrons. The molecule has 1 fully saturated rings. The van der Waals surface area contributed by atoms with Crippen LogP contribution in [0, 0.1) is 35.5 Å². The van der Waals surface area contributed by atoms with Gasteiger partial charge in [0, 0.05) is 11.5 Å². The van der Waals surface area contributed by atoms with Gasteiger partial charge in [0.2, 0.25) is 0 Å². The number of unbranched alkanes of at least 4 members (excludes halogenated alkanes) is 4. The van der Waals surface area contributed by atoms with Crippen LogP contribution in [0.4, 0.5) is 0 Å². The van der Waals surface area contributed by atoms with Crippen LogP contribution in [0.15, 0.2) is 36.4 Å². The van der Waals surface area contributed by atoms with E-state index in [1.54, 1.807) is 0 Å². The summed E-state index contributed by atoms with van der Waals surface area (Å²) < 4.78 is 5.67. The van der Waals surface area contributed by atoms with Crippen LogP contribution in [0.25, 0.3) is 0 Å². The Morgan fingerprint density at radius 1 is 0.862 bits per heavy atom. The Hall–Kier alpha value is -2.12. The first-order valence-electron chi connectivity index (χ1n) is 11.7. The van der Waals surface area contributed by atoms with Crippen molar-refractivity contribution in [2.24, 2.45) is 11.8 Å². The number of benzene rings is 1. The Bertz CT molecular complexity index is 697.